The fourth-order valence-corrected chi connectivity index (χ4v) is 4.26. The highest BCUT2D eigenvalue weighted by molar-refractivity contribution is 9.10. The van der Waals surface area contributed by atoms with Gasteiger partial charge in [-0.2, -0.15) is 5.10 Å². The van der Waals surface area contributed by atoms with Gasteiger partial charge in [-0.1, -0.05) is 19.8 Å². The Hall–Kier alpha value is -0.350. The minimum atomic E-state index is 0.284. The fraction of sp³-hybridized carbons (Fsp3) is 0.824. The summed E-state index contributed by atoms with van der Waals surface area (Å²) >= 11 is 3.73. The van der Waals surface area contributed by atoms with Crippen molar-refractivity contribution in [2.24, 2.45) is 17.1 Å². The summed E-state index contributed by atoms with van der Waals surface area (Å²) in [7, 11) is 0. The number of aromatic nitrogens is 2. The monoisotopic (exact) mass is 355 g/mol. The van der Waals surface area contributed by atoms with E-state index in [1.165, 1.54) is 48.7 Å². The molecule has 1 aromatic rings. The van der Waals surface area contributed by atoms with Gasteiger partial charge < -0.3 is 5.73 Å². The zero-order chi connectivity index (χ0) is 15.5. The third kappa shape index (κ3) is 3.70. The Morgan fingerprint density at radius 1 is 1.33 bits per heavy atom. The van der Waals surface area contributed by atoms with Crippen LogP contribution in [0.3, 0.4) is 0 Å². The Balaban J connectivity index is 2.13. The topological polar surface area (TPSA) is 43.8 Å². The van der Waals surface area contributed by atoms with Gasteiger partial charge in [0.2, 0.25) is 0 Å². The zero-order valence-electron chi connectivity index (χ0n) is 13.8. The van der Waals surface area contributed by atoms with Gasteiger partial charge in [0.1, 0.15) is 0 Å². The second-order valence-electron chi connectivity index (χ2n) is 6.77. The molecule has 0 atom stereocenters. The van der Waals surface area contributed by atoms with Crippen LogP contribution in [0, 0.1) is 18.3 Å². The number of hydrogen-bond acceptors (Lipinski definition) is 2. The Labute approximate surface area is 137 Å². The summed E-state index contributed by atoms with van der Waals surface area (Å²) < 4.78 is 3.34. The summed E-state index contributed by atoms with van der Waals surface area (Å²) in [4.78, 5) is 0. The van der Waals surface area contributed by atoms with Gasteiger partial charge in [0.25, 0.3) is 0 Å². The second-order valence-corrected chi connectivity index (χ2v) is 7.57. The van der Waals surface area contributed by atoms with Crippen molar-refractivity contribution in [3.8, 4) is 0 Å². The van der Waals surface area contributed by atoms with Crippen molar-refractivity contribution in [1.82, 2.24) is 9.78 Å². The Morgan fingerprint density at radius 2 is 2.00 bits per heavy atom. The van der Waals surface area contributed by atoms with Gasteiger partial charge >= 0.3 is 0 Å². The van der Waals surface area contributed by atoms with Crippen molar-refractivity contribution < 1.29 is 0 Å². The summed E-state index contributed by atoms with van der Waals surface area (Å²) in [5.74, 6) is 0.927. The molecule has 0 radical (unpaired) electrons. The minimum Gasteiger partial charge on any atom is -0.330 e. The number of aryl methyl sites for hydroxylation is 2. The van der Waals surface area contributed by atoms with Crippen LogP contribution in [0.5, 0.6) is 0 Å². The number of rotatable bonds is 6. The summed E-state index contributed by atoms with van der Waals surface area (Å²) in [6.07, 6.45) is 9.01. The lowest BCUT2D eigenvalue weighted by atomic mass is 9.67. The van der Waals surface area contributed by atoms with Gasteiger partial charge in [-0.05, 0) is 79.8 Å². The average Bonchev–Trinajstić information content (AvgIpc) is 2.77. The third-order valence-corrected chi connectivity index (χ3v) is 6.32. The summed E-state index contributed by atoms with van der Waals surface area (Å²) in [5.41, 5.74) is 8.93. The highest BCUT2D eigenvalue weighted by Gasteiger charge is 2.35. The highest BCUT2D eigenvalue weighted by atomic mass is 79.9. The van der Waals surface area contributed by atoms with Gasteiger partial charge in [-0.15, -0.1) is 0 Å². The van der Waals surface area contributed by atoms with E-state index in [1.54, 1.807) is 0 Å². The molecule has 1 aromatic heterocycles. The molecule has 0 unspecified atom stereocenters. The maximum Gasteiger partial charge on any atom is 0.0738 e. The Morgan fingerprint density at radius 3 is 2.52 bits per heavy atom. The standard InChI is InChI=1S/C17H30BrN3/c1-4-6-14-7-9-17(12-19,10-8-14)11-15-16(18)13(3)20-21(15)5-2/h14H,4-12,19H2,1-3H3. The first-order valence-electron chi connectivity index (χ1n) is 8.47. The van der Waals surface area contributed by atoms with E-state index in [1.807, 2.05) is 0 Å². The molecule has 2 N–H and O–H groups in total. The lowest BCUT2D eigenvalue weighted by molar-refractivity contribution is 0.147. The number of halogens is 1. The van der Waals surface area contributed by atoms with Gasteiger partial charge in [-0.25, -0.2) is 0 Å². The van der Waals surface area contributed by atoms with Gasteiger partial charge in [0.05, 0.1) is 15.9 Å². The van der Waals surface area contributed by atoms with Crippen LogP contribution < -0.4 is 5.73 Å². The van der Waals surface area contributed by atoms with E-state index in [-0.39, 0.29) is 5.41 Å². The lowest BCUT2D eigenvalue weighted by Gasteiger charge is -2.39. The maximum absolute atomic E-state index is 6.21. The predicted octanol–water partition coefficient (Wildman–Crippen LogP) is 4.45. The van der Waals surface area contributed by atoms with Gasteiger partial charge in [0.15, 0.2) is 0 Å². The van der Waals surface area contributed by atoms with E-state index in [2.05, 4.69) is 46.5 Å². The van der Waals surface area contributed by atoms with Crippen molar-refractivity contribution in [2.75, 3.05) is 6.54 Å². The molecule has 120 valence electrons. The van der Waals surface area contributed by atoms with E-state index in [4.69, 9.17) is 5.73 Å². The highest BCUT2D eigenvalue weighted by Crippen LogP contribution is 2.43. The Kier molecular flexibility index (Phi) is 5.89. The number of nitrogens with zero attached hydrogens (tertiary/aromatic N) is 2. The van der Waals surface area contributed by atoms with E-state index < -0.39 is 0 Å². The molecule has 2 rings (SSSR count). The van der Waals surface area contributed by atoms with Crippen LogP contribution in [-0.4, -0.2) is 16.3 Å². The maximum atomic E-state index is 6.21. The van der Waals surface area contributed by atoms with Crippen molar-refractivity contribution in [2.45, 2.75) is 72.3 Å². The molecule has 0 spiro atoms. The molecule has 1 heterocycles. The molecule has 1 fully saturated rings. The predicted molar refractivity (Wildman–Crippen MR) is 92.4 cm³/mol. The molecule has 0 aliphatic heterocycles. The van der Waals surface area contributed by atoms with Crippen LogP contribution in [0.4, 0.5) is 0 Å². The first kappa shape index (κ1) is 17.0. The molecule has 3 nitrogen and oxygen atoms in total. The second kappa shape index (κ2) is 7.28. The van der Waals surface area contributed by atoms with E-state index in [0.717, 1.165) is 31.1 Å². The average molecular weight is 356 g/mol. The number of hydrogen-bond donors (Lipinski definition) is 1. The smallest absolute Gasteiger partial charge is 0.0738 e. The van der Waals surface area contributed by atoms with Crippen LogP contribution >= 0.6 is 15.9 Å². The molecular weight excluding hydrogens is 326 g/mol. The van der Waals surface area contributed by atoms with Crippen LogP contribution in [0.2, 0.25) is 0 Å². The van der Waals surface area contributed by atoms with Crippen LogP contribution in [-0.2, 0) is 13.0 Å². The van der Waals surface area contributed by atoms with Gasteiger partial charge in [0, 0.05) is 6.54 Å². The van der Waals surface area contributed by atoms with Crippen molar-refractivity contribution >= 4 is 15.9 Å². The SMILES string of the molecule is CCCC1CCC(CN)(Cc2c(Br)c(C)nn2CC)CC1. The minimum absolute atomic E-state index is 0.284. The zero-order valence-corrected chi connectivity index (χ0v) is 15.4. The Bertz CT molecular complexity index is 459. The molecule has 1 aliphatic carbocycles. The summed E-state index contributed by atoms with van der Waals surface area (Å²) in [5, 5.41) is 4.63. The molecule has 0 bridgehead atoms. The van der Waals surface area contributed by atoms with Crippen molar-refractivity contribution in [3.63, 3.8) is 0 Å². The first-order valence-corrected chi connectivity index (χ1v) is 9.26. The third-order valence-electron chi connectivity index (χ3n) is 5.29. The largest absolute Gasteiger partial charge is 0.330 e. The van der Waals surface area contributed by atoms with Crippen LogP contribution in [0.25, 0.3) is 0 Å². The van der Waals surface area contributed by atoms with Crippen LogP contribution in [0.15, 0.2) is 4.47 Å². The molecular formula is C17H30BrN3. The molecule has 4 heteroatoms. The molecule has 0 amide bonds. The van der Waals surface area contributed by atoms with E-state index >= 15 is 0 Å². The quantitative estimate of drug-likeness (QED) is 0.818. The molecule has 21 heavy (non-hydrogen) atoms. The van der Waals surface area contributed by atoms with E-state index in [0.29, 0.717) is 0 Å². The van der Waals surface area contributed by atoms with E-state index in [9.17, 15) is 0 Å². The summed E-state index contributed by atoms with van der Waals surface area (Å²) in [6.45, 7) is 8.26. The van der Waals surface area contributed by atoms with Crippen molar-refractivity contribution in [1.29, 1.82) is 0 Å². The normalized spacial score (nSPS) is 26.2. The molecule has 1 aliphatic rings. The molecule has 0 aromatic carbocycles. The van der Waals surface area contributed by atoms with Gasteiger partial charge in [-0.3, -0.25) is 4.68 Å². The fourth-order valence-electron chi connectivity index (χ4n) is 3.83. The number of nitrogens with two attached hydrogens (primary N) is 1. The van der Waals surface area contributed by atoms with Crippen LogP contribution in [0.1, 0.15) is 63.8 Å². The molecule has 1 saturated carbocycles. The summed E-state index contributed by atoms with van der Waals surface area (Å²) in [6, 6.07) is 0. The van der Waals surface area contributed by atoms with Crippen molar-refractivity contribution in [3.05, 3.63) is 15.9 Å². The first-order chi connectivity index (χ1) is 10.0. The molecule has 0 saturated heterocycles. The lowest BCUT2D eigenvalue weighted by Crippen LogP contribution is -2.37.